The highest BCUT2D eigenvalue weighted by atomic mass is 35.5. The number of carbonyl (C=O) groups is 3. The van der Waals surface area contributed by atoms with E-state index in [2.05, 4.69) is 10.3 Å². The number of nitrogens with zero attached hydrogens (tertiary/aromatic N) is 2. The highest BCUT2D eigenvalue weighted by molar-refractivity contribution is 6.39. The number of hydrogen-bond donors (Lipinski definition) is 1. The van der Waals surface area contributed by atoms with Gasteiger partial charge in [0.2, 0.25) is 0 Å². The van der Waals surface area contributed by atoms with Crippen LogP contribution >= 0.6 is 23.2 Å². The molecule has 11 heteroatoms. The van der Waals surface area contributed by atoms with Gasteiger partial charge in [0.15, 0.2) is 0 Å². The zero-order valence-corrected chi connectivity index (χ0v) is 29.9. The third-order valence-electron chi connectivity index (χ3n) is 7.63. The summed E-state index contributed by atoms with van der Waals surface area (Å²) in [6.07, 6.45) is 4.65. The molecule has 1 fully saturated rings. The second-order valence-electron chi connectivity index (χ2n) is 14.0. The standard InChI is InChI=1S/C37H45Cl2N3O6/c1-36(2,3)47-34(44)30(41-33(43)32-28(38)10-9-11-29(32)39)22-24-13-15-25(16-14-24)23-46-27-19-17-26(18-20-27)42(31-12-7-8-21-40-31)35(45)48-37(4,5)6/h7-16,21,26-27,30H,17-20,22-23H2,1-6H3,(H,41,43)/t26-,27+,30-/m0/s1. The first-order chi connectivity index (χ1) is 22.6. The fraction of sp³-hybridized carbons (Fsp3) is 0.459. The fourth-order valence-corrected chi connectivity index (χ4v) is 6.01. The lowest BCUT2D eigenvalue weighted by atomic mass is 9.92. The van der Waals surface area contributed by atoms with Crippen molar-refractivity contribution < 1.29 is 28.6 Å². The number of pyridine rings is 1. The molecule has 4 rings (SSSR count). The minimum absolute atomic E-state index is 0.0405. The van der Waals surface area contributed by atoms with Crippen molar-refractivity contribution in [2.75, 3.05) is 4.90 Å². The Labute approximate surface area is 293 Å². The molecule has 0 saturated heterocycles. The van der Waals surface area contributed by atoms with Gasteiger partial charge in [-0.25, -0.2) is 14.6 Å². The van der Waals surface area contributed by atoms with Crippen LogP contribution in [-0.4, -0.2) is 52.3 Å². The average Bonchev–Trinajstić information content (AvgIpc) is 3.00. The molecule has 1 saturated carbocycles. The second-order valence-corrected chi connectivity index (χ2v) is 14.8. The number of amides is 2. The van der Waals surface area contributed by atoms with Gasteiger partial charge in [-0.15, -0.1) is 0 Å². The van der Waals surface area contributed by atoms with E-state index in [1.54, 1.807) is 50.1 Å². The molecule has 0 aliphatic heterocycles. The van der Waals surface area contributed by atoms with Gasteiger partial charge < -0.3 is 19.5 Å². The maximum absolute atomic E-state index is 13.2. The van der Waals surface area contributed by atoms with E-state index in [1.807, 2.05) is 63.2 Å². The molecule has 3 aromatic rings. The minimum atomic E-state index is -0.965. The molecule has 1 N–H and O–H groups in total. The van der Waals surface area contributed by atoms with Gasteiger partial charge in [0.25, 0.3) is 5.91 Å². The number of halogens is 2. The molecule has 2 amide bonds. The fourth-order valence-electron chi connectivity index (χ4n) is 5.44. The topological polar surface area (TPSA) is 107 Å². The molecule has 2 aromatic carbocycles. The molecular weight excluding hydrogens is 653 g/mol. The summed E-state index contributed by atoms with van der Waals surface area (Å²) in [5, 5.41) is 3.14. The number of aromatic nitrogens is 1. The van der Waals surface area contributed by atoms with Crippen LogP contribution in [0.1, 0.15) is 88.7 Å². The van der Waals surface area contributed by atoms with Gasteiger partial charge in [-0.2, -0.15) is 0 Å². The third kappa shape index (κ3) is 10.9. The number of anilines is 1. The summed E-state index contributed by atoms with van der Waals surface area (Å²) >= 11 is 12.5. The molecule has 258 valence electrons. The maximum atomic E-state index is 13.2. The lowest BCUT2D eigenvalue weighted by Gasteiger charge is -2.37. The first kappa shape index (κ1) is 37.2. The average molecular weight is 699 g/mol. The van der Waals surface area contributed by atoms with Crippen molar-refractivity contribution in [2.45, 2.75) is 110 Å². The molecule has 0 bridgehead atoms. The summed E-state index contributed by atoms with van der Waals surface area (Å²) in [6.45, 7) is 11.3. The van der Waals surface area contributed by atoms with Crippen molar-refractivity contribution in [1.82, 2.24) is 10.3 Å². The van der Waals surface area contributed by atoms with Gasteiger partial charge in [-0.1, -0.05) is 59.6 Å². The van der Waals surface area contributed by atoms with Gasteiger partial charge in [0.05, 0.1) is 28.3 Å². The zero-order chi connectivity index (χ0) is 35.1. The Morgan fingerprint density at radius 3 is 2.00 bits per heavy atom. The van der Waals surface area contributed by atoms with Gasteiger partial charge >= 0.3 is 12.1 Å². The lowest BCUT2D eigenvalue weighted by Crippen LogP contribution is -2.46. The highest BCUT2D eigenvalue weighted by Gasteiger charge is 2.34. The second kappa shape index (κ2) is 16.2. The Morgan fingerprint density at radius 2 is 1.44 bits per heavy atom. The number of hydrogen-bond acceptors (Lipinski definition) is 7. The Bertz CT molecular complexity index is 1530. The summed E-state index contributed by atoms with van der Waals surface area (Å²) in [5.74, 6) is -0.539. The van der Waals surface area contributed by atoms with Crippen LogP contribution in [-0.2, 0) is 32.0 Å². The number of rotatable bonds is 10. The first-order valence-corrected chi connectivity index (χ1v) is 17.0. The zero-order valence-electron chi connectivity index (χ0n) is 28.4. The SMILES string of the molecule is CC(C)(C)OC(=O)[C@H](Cc1ccc(CO[C@H]2CC[C@@H](N(C(=O)OC(C)(C)C)c3ccccn3)CC2)cc1)NC(=O)c1c(Cl)cccc1Cl. The van der Waals surface area contributed by atoms with E-state index in [4.69, 9.17) is 37.4 Å². The summed E-state index contributed by atoms with van der Waals surface area (Å²) in [7, 11) is 0. The number of nitrogens with one attached hydrogen (secondary N) is 1. The van der Waals surface area contributed by atoms with E-state index in [0.717, 1.165) is 36.8 Å². The molecule has 48 heavy (non-hydrogen) atoms. The molecule has 0 spiro atoms. The van der Waals surface area contributed by atoms with E-state index in [-0.39, 0.29) is 34.2 Å². The number of esters is 1. The Kier molecular flexibility index (Phi) is 12.5. The summed E-state index contributed by atoms with van der Waals surface area (Å²) in [6, 6.07) is 17.0. The number of ether oxygens (including phenoxy) is 3. The highest BCUT2D eigenvalue weighted by Crippen LogP contribution is 2.30. The van der Waals surface area contributed by atoms with Crippen LogP contribution < -0.4 is 10.2 Å². The van der Waals surface area contributed by atoms with Gasteiger partial charge in [0, 0.05) is 18.7 Å². The molecule has 1 aliphatic carbocycles. The molecule has 0 unspecified atom stereocenters. The van der Waals surface area contributed by atoms with E-state index >= 15 is 0 Å². The van der Waals surface area contributed by atoms with Crippen molar-refractivity contribution in [3.8, 4) is 0 Å². The number of carbonyl (C=O) groups excluding carboxylic acids is 3. The van der Waals surface area contributed by atoms with E-state index in [1.165, 1.54) is 0 Å². The maximum Gasteiger partial charge on any atom is 0.416 e. The summed E-state index contributed by atoms with van der Waals surface area (Å²) in [5.41, 5.74) is 0.553. The van der Waals surface area contributed by atoms with Crippen LogP contribution in [0.4, 0.5) is 10.6 Å². The van der Waals surface area contributed by atoms with Crippen molar-refractivity contribution in [1.29, 1.82) is 0 Å². The lowest BCUT2D eigenvalue weighted by molar-refractivity contribution is -0.157. The molecule has 1 aliphatic rings. The van der Waals surface area contributed by atoms with Crippen LogP contribution in [0.2, 0.25) is 10.0 Å². The normalized spacial score (nSPS) is 17.2. The van der Waals surface area contributed by atoms with Gasteiger partial charge in [0.1, 0.15) is 23.1 Å². The third-order valence-corrected chi connectivity index (χ3v) is 8.26. The molecule has 9 nitrogen and oxygen atoms in total. The smallest absolute Gasteiger partial charge is 0.416 e. The predicted octanol–water partition coefficient (Wildman–Crippen LogP) is 8.34. The Morgan fingerprint density at radius 1 is 0.833 bits per heavy atom. The Balaban J connectivity index is 1.35. The quantitative estimate of drug-likeness (QED) is 0.212. The summed E-state index contributed by atoms with van der Waals surface area (Å²) in [4.78, 5) is 45.5. The van der Waals surface area contributed by atoms with Crippen LogP contribution in [0, 0.1) is 0 Å². The van der Waals surface area contributed by atoms with Gasteiger partial charge in [-0.3, -0.25) is 9.69 Å². The van der Waals surface area contributed by atoms with Gasteiger partial charge in [-0.05, 0) is 103 Å². The van der Waals surface area contributed by atoms with E-state index < -0.39 is 35.2 Å². The molecule has 0 radical (unpaired) electrons. The predicted molar refractivity (Wildman–Crippen MR) is 187 cm³/mol. The monoisotopic (exact) mass is 697 g/mol. The molecular formula is C37H45Cl2N3O6. The van der Waals surface area contributed by atoms with E-state index in [9.17, 15) is 14.4 Å². The summed E-state index contributed by atoms with van der Waals surface area (Å²) < 4.78 is 17.6. The minimum Gasteiger partial charge on any atom is -0.458 e. The molecule has 1 aromatic heterocycles. The first-order valence-electron chi connectivity index (χ1n) is 16.2. The van der Waals surface area contributed by atoms with Crippen molar-refractivity contribution in [3.63, 3.8) is 0 Å². The van der Waals surface area contributed by atoms with Crippen molar-refractivity contribution >= 4 is 47.0 Å². The van der Waals surface area contributed by atoms with Crippen LogP contribution in [0.5, 0.6) is 0 Å². The largest absolute Gasteiger partial charge is 0.458 e. The van der Waals surface area contributed by atoms with Crippen LogP contribution in [0.3, 0.4) is 0 Å². The van der Waals surface area contributed by atoms with Crippen LogP contribution in [0.15, 0.2) is 66.9 Å². The Hall–Kier alpha value is -3.66. The van der Waals surface area contributed by atoms with E-state index in [0.29, 0.717) is 12.4 Å². The molecule has 1 heterocycles. The molecule has 1 atom stereocenters. The van der Waals surface area contributed by atoms with Crippen molar-refractivity contribution in [3.05, 3.63) is 93.6 Å². The van der Waals surface area contributed by atoms with Crippen LogP contribution in [0.25, 0.3) is 0 Å². The van der Waals surface area contributed by atoms with Crippen molar-refractivity contribution in [2.24, 2.45) is 0 Å². The number of benzene rings is 2.